The third-order valence-electron chi connectivity index (χ3n) is 4.35. The molecule has 3 heteroatoms. The van der Waals surface area contributed by atoms with Crippen molar-refractivity contribution in [3.63, 3.8) is 0 Å². The van der Waals surface area contributed by atoms with Gasteiger partial charge in [0.1, 0.15) is 0 Å². The van der Waals surface area contributed by atoms with Gasteiger partial charge in [-0.15, -0.1) is 0 Å². The van der Waals surface area contributed by atoms with Crippen LogP contribution in [0.15, 0.2) is 36.8 Å². The highest BCUT2D eigenvalue weighted by atomic mass is 15.1. The van der Waals surface area contributed by atoms with Crippen molar-refractivity contribution in [2.45, 2.75) is 51.5 Å². The highest BCUT2D eigenvalue weighted by Gasteiger charge is 2.19. The summed E-state index contributed by atoms with van der Waals surface area (Å²) in [4.78, 5) is 4.37. The molecule has 1 saturated heterocycles. The van der Waals surface area contributed by atoms with Crippen LogP contribution in [0.1, 0.15) is 57.3 Å². The predicted octanol–water partition coefficient (Wildman–Crippen LogP) is 3.98. The van der Waals surface area contributed by atoms with Gasteiger partial charge >= 0.3 is 0 Å². The molecule has 2 aromatic rings. The van der Waals surface area contributed by atoms with E-state index in [2.05, 4.69) is 59.9 Å². The minimum atomic E-state index is 0.196. The van der Waals surface area contributed by atoms with Gasteiger partial charge < -0.3 is 9.88 Å². The summed E-state index contributed by atoms with van der Waals surface area (Å²) in [6.07, 6.45) is 7.71. The highest BCUT2D eigenvalue weighted by molar-refractivity contribution is 5.38. The van der Waals surface area contributed by atoms with E-state index in [4.69, 9.17) is 0 Å². The number of piperidine rings is 1. The summed E-state index contributed by atoms with van der Waals surface area (Å²) in [5.74, 6) is 0. The molecule has 0 bridgehead atoms. The molecule has 1 unspecified atom stereocenters. The Bertz CT molecular complexity index is 584. The van der Waals surface area contributed by atoms with Crippen molar-refractivity contribution < 1.29 is 0 Å². The number of nitrogens with one attached hydrogen (secondary N) is 1. The van der Waals surface area contributed by atoms with Gasteiger partial charge in [0.2, 0.25) is 0 Å². The fourth-order valence-electron chi connectivity index (χ4n) is 3.01. The average Bonchev–Trinajstić information content (AvgIpc) is 2.97. The summed E-state index contributed by atoms with van der Waals surface area (Å²) in [5.41, 5.74) is 4.03. The first-order valence-electron chi connectivity index (χ1n) is 7.92. The van der Waals surface area contributed by atoms with Gasteiger partial charge in [0.05, 0.1) is 18.2 Å². The van der Waals surface area contributed by atoms with Gasteiger partial charge in [-0.1, -0.05) is 39.3 Å². The monoisotopic (exact) mass is 283 g/mol. The Morgan fingerprint density at radius 3 is 2.52 bits per heavy atom. The molecule has 0 spiro atoms. The maximum Gasteiger partial charge on any atom is 0.0994 e. The van der Waals surface area contributed by atoms with E-state index in [9.17, 15) is 0 Å². The number of imidazole rings is 1. The van der Waals surface area contributed by atoms with Crippen molar-refractivity contribution >= 4 is 0 Å². The molecule has 3 nitrogen and oxygen atoms in total. The molecule has 21 heavy (non-hydrogen) atoms. The predicted molar refractivity (Wildman–Crippen MR) is 86.9 cm³/mol. The van der Waals surface area contributed by atoms with E-state index in [0.717, 1.165) is 6.54 Å². The van der Waals surface area contributed by atoms with Crippen LogP contribution in [0, 0.1) is 0 Å². The van der Waals surface area contributed by atoms with E-state index in [1.165, 1.54) is 36.2 Å². The minimum absolute atomic E-state index is 0.196. The fraction of sp³-hybridized carbons (Fsp3) is 0.500. The summed E-state index contributed by atoms with van der Waals surface area (Å²) >= 11 is 0. The molecule has 2 heterocycles. The summed E-state index contributed by atoms with van der Waals surface area (Å²) in [7, 11) is 0. The van der Waals surface area contributed by atoms with Crippen molar-refractivity contribution in [2.24, 2.45) is 0 Å². The molecular formula is C18H25N3. The maximum atomic E-state index is 4.37. The van der Waals surface area contributed by atoms with Crippen LogP contribution in [0.4, 0.5) is 0 Å². The highest BCUT2D eigenvalue weighted by Crippen LogP contribution is 2.27. The largest absolute Gasteiger partial charge is 0.309 e. The molecule has 1 aliphatic heterocycles. The molecule has 0 amide bonds. The second-order valence-electron chi connectivity index (χ2n) is 6.99. The lowest BCUT2D eigenvalue weighted by atomic mass is 9.87. The Kier molecular flexibility index (Phi) is 3.85. The number of nitrogens with zero attached hydrogens (tertiary/aromatic N) is 2. The second-order valence-corrected chi connectivity index (χ2v) is 6.99. The molecular weight excluding hydrogens is 258 g/mol. The molecule has 0 aliphatic carbocycles. The molecule has 1 aliphatic rings. The number of benzene rings is 1. The van der Waals surface area contributed by atoms with E-state index < -0.39 is 0 Å². The van der Waals surface area contributed by atoms with Crippen LogP contribution in [-0.2, 0) is 5.41 Å². The lowest BCUT2D eigenvalue weighted by molar-refractivity contribution is 0.402. The van der Waals surface area contributed by atoms with Crippen LogP contribution in [0.25, 0.3) is 5.69 Å². The molecule has 1 aromatic carbocycles. The Balaban J connectivity index is 1.89. The first-order chi connectivity index (χ1) is 10.1. The Morgan fingerprint density at radius 1 is 1.14 bits per heavy atom. The van der Waals surface area contributed by atoms with Gasteiger partial charge in [-0.05, 0) is 42.5 Å². The molecule has 1 aromatic heterocycles. The molecule has 1 fully saturated rings. The van der Waals surface area contributed by atoms with Gasteiger partial charge in [-0.3, -0.25) is 0 Å². The first kappa shape index (κ1) is 14.3. The van der Waals surface area contributed by atoms with E-state index in [1.807, 2.05) is 12.5 Å². The standard InChI is InChI=1S/C18H25N3/c1-18(2,3)14-7-9-15(10-8-14)21-13-19-12-17(21)16-6-4-5-11-20-16/h7-10,12-13,16,20H,4-6,11H2,1-3H3. The summed E-state index contributed by atoms with van der Waals surface area (Å²) < 4.78 is 2.22. The van der Waals surface area contributed by atoms with Crippen molar-refractivity contribution in [3.05, 3.63) is 48.0 Å². The van der Waals surface area contributed by atoms with Crippen molar-refractivity contribution in [2.75, 3.05) is 6.54 Å². The average molecular weight is 283 g/mol. The molecule has 112 valence electrons. The van der Waals surface area contributed by atoms with E-state index >= 15 is 0 Å². The smallest absolute Gasteiger partial charge is 0.0994 e. The molecule has 0 radical (unpaired) electrons. The van der Waals surface area contributed by atoms with Crippen molar-refractivity contribution in [3.8, 4) is 5.69 Å². The maximum absolute atomic E-state index is 4.37. The van der Waals surface area contributed by atoms with Crippen molar-refractivity contribution in [1.82, 2.24) is 14.9 Å². The zero-order chi connectivity index (χ0) is 14.9. The number of hydrogen-bond acceptors (Lipinski definition) is 2. The molecule has 0 saturated carbocycles. The second kappa shape index (κ2) is 5.64. The van der Waals surface area contributed by atoms with Gasteiger partial charge in [0.25, 0.3) is 0 Å². The third kappa shape index (κ3) is 3.03. The summed E-state index contributed by atoms with van der Waals surface area (Å²) in [6.45, 7) is 7.85. The first-order valence-corrected chi connectivity index (χ1v) is 7.92. The number of hydrogen-bond donors (Lipinski definition) is 1. The quantitative estimate of drug-likeness (QED) is 0.903. The van der Waals surface area contributed by atoms with Gasteiger partial charge in [0, 0.05) is 11.7 Å². The van der Waals surface area contributed by atoms with Crippen molar-refractivity contribution in [1.29, 1.82) is 0 Å². The van der Waals surface area contributed by atoms with Crippen LogP contribution in [0.3, 0.4) is 0 Å². The van der Waals surface area contributed by atoms with E-state index in [0.29, 0.717) is 6.04 Å². The van der Waals surface area contributed by atoms with Gasteiger partial charge in [-0.25, -0.2) is 4.98 Å². The fourth-order valence-corrected chi connectivity index (χ4v) is 3.01. The van der Waals surface area contributed by atoms with E-state index in [1.54, 1.807) is 0 Å². The molecule has 1 atom stereocenters. The zero-order valence-electron chi connectivity index (χ0n) is 13.3. The lowest BCUT2D eigenvalue weighted by Gasteiger charge is -2.25. The van der Waals surface area contributed by atoms with Gasteiger partial charge in [0.15, 0.2) is 0 Å². The lowest BCUT2D eigenvalue weighted by Crippen LogP contribution is -2.28. The molecule has 3 rings (SSSR count). The third-order valence-corrected chi connectivity index (χ3v) is 4.35. The van der Waals surface area contributed by atoms with E-state index in [-0.39, 0.29) is 5.41 Å². The SMILES string of the molecule is CC(C)(C)c1ccc(-n2cncc2C2CCCCN2)cc1. The summed E-state index contributed by atoms with van der Waals surface area (Å²) in [6, 6.07) is 9.30. The zero-order valence-corrected chi connectivity index (χ0v) is 13.3. The topological polar surface area (TPSA) is 29.9 Å². The Labute approximate surface area is 127 Å². The van der Waals surface area contributed by atoms with Crippen LogP contribution in [0.5, 0.6) is 0 Å². The van der Waals surface area contributed by atoms with Crippen LogP contribution in [0.2, 0.25) is 0 Å². The number of aromatic nitrogens is 2. The normalized spacial score (nSPS) is 19.7. The Hall–Kier alpha value is -1.61. The van der Waals surface area contributed by atoms with Gasteiger partial charge in [-0.2, -0.15) is 0 Å². The minimum Gasteiger partial charge on any atom is -0.309 e. The van der Waals surface area contributed by atoms with Crippen LogP contribution in [-0.4, -0.2) is 16.1 Å². The Morgan fingerprint density at radius 2 is 1.90 bits per heavy atom. The number of rotatable bonds is 2. The molecule has 1 N–H and O–H groups in total. The van der Waals surface area contributed by atoms with Crippen LogP contribution < -0.4 is 5.32 Å². The summed E-state index contributed by atoms with van der Waals surface area (Å²) in [5, 5.41) is 3.61. The van der Waals surface area contributed by atoms with Crippen LogP contribution >= 0.6 is 0 Å².